The second kappa shape index (κ2) is 7.93. The number of carbonyl (C=O) groups is 2. The Morgan fingerprint density at radius 3 is 2.68 bits per heavy atom. The van der Waals surface area contributed by atoms with E-state index in [1.54, 1.807) is 6.92 Å². The molecular weight excluding hydrogens is 242 g/mol. The maximum Gasteiger partial charge on any atom is 0.408 e. The molecule has 100 valence electrons. The van der Waals surface area contributed by atoms with Crippen molar-refractivity contribution in [3.8, 4) is 12.3 Å². The molecule has 0 heterocycles. The van der Waals surface area contributed by atoms with Crippen LogP contribution in [0.5, 0.6) is 0 Å². The Bertz CT molecular complexity index is 462. The molecule has 1 rings (SSSR count). The molecule has 1 N–H and O–H groups in total. The lowest BCUT2D eigenvalue weighted by Crippen LogP contribution is -2.38. The van der Waals surface area contributed by atoms with Crippen LogP contribution >= 0.6 is 0 Å². The number of ether oxygens (including phenoxy) is 1. The van der Waals surface area contributed by atoms with E-state index in [2.05, 4.69) is 11.2 Å². The summed E-state index contributed by atoms with van der Waals surface area (Å²) in [4.78, 5) is 23.0. The van der Waals surface area contributed by atoms with Crippen LogP contribution in [0.25, 0.3) is 0 Å². The highest BCUT2D eigenvalue weighted by Gasteiger charge is 2.15. The van der Waals surface area contributed by atoms with E-state index in [-0.39, 0.29) is 18.8 Å². The van der Waals surface area contributed by atoms with Gasteiger partial charge in [0.15, 0.2) is 5.78 Å². The van der Waals surface area contributed by atoms with Gasteiger partial charge in [0.2, 0.25) is 0 Å². The number of hydrogen-bond donors (Lipinski definition) is 1. The third-order valence-corrected chi connectivity index (χ3v) is 2.55. The summed E-state index contributed by atoms with van der Waals surface area (Å²) in [6.45, 7) is 1.79. The van der Waals surface area contributed by atoms with Crippen molar-refractivity contribution in [1.29, 1.82) is 0 Å². The van der Waals surface area contributed by atoms with Crippen LogP contribution in [0.15, 0.2) is 30.3 Å². The molecule has 4 nitrogen and oxygen atoms in total. The first kappa shape index (κ1) is 14.8. The van der Waals surface area contributed by atoms with Gasteiger partial charge in [-0.05, 0) is 12.5 Å². The van der Waals surface area contributed by atoms with E-state index in [9.17, 15) is 9.59 Å². The maximum atomic E-state index is 11.5. The minimum absolute atomic E-state index is 0.102. The fourth-order valence-electron chi connectivity index (χ4n) is 1.43. The number of benzene rings is 1. The normalized spacial score (nSPS) is 11.2. The zero-order chi connectivity index (χ0) is 14.1. The van der Waals surface area contributed by atoms with Crippen LogP contribution < -0.4 is 5.32 Å². The molecule has 1 atom stereocenters. The van der Waals surface area contributed by atoms with Gasteiger partial charge >= 0.3 is 6.09 Å². The highest BCUT2D eigenvalue weighted by Crippen LogP contribution is 2.01. The first-order chi connectivity index (χ1) is 9.13. The molecule has 0 saturated carbocycles. The van der Waals surface area contributed by atoms with E-state index >= 15 is 0 Å². The van der Waals surface area contributed by atoms with Gasteiger partial charge in [-0.15, -0.1) is 12.3 Å². The topological polar surface area (TPSA) is 55.4 Å². The van der Waals surface area contributed by atoms with Gasteiger partial charge in [0, 0.05) is 12.8 Å². The molecule has 0 saturated heterocycles. The molecule has 0 radical (unpaired) electrons. The summed E-state index contributed by atoms with van der Waals surface area (Å²) in [6, 6.07) is 8.74. The Balaban J connectivity index is 2.31. The first-order valence-electron chi connectivity index (χ1n) is 6.07. The van der Waals surface area contributed by atoms with Gasteiger partial charge in [0.25, 0.3) is 0 Å². The van der Waals surface area contributed by atoms with Crippen molar-refractivity contribution in [2.75, 3.05) is 0 Å². The highest BCUT2D eigenvalue weighted by molar-refractivity contribution is 5.87. The van der Waals surface area contributed by atoms with Gasteiger partial charge in [-0.2, -0.15) is 0 Å². The third-order valence-electron chi connectivity index (χ3n) is 2.55. The monoisotopic (exact) mass is 259 g/mol. The summed E-state index contributed by atoms with van der Waals surface area (Å²) >= 11 is 0. The van der Waals surface area contributed by atoms with Crippen molar-refractivity contribution in [3.63, 3.8) is 0 Å². The lowest BCUT2D eigenvalue weighted by atomic mass is 10.1. The number of alkyl carbamates (subject to hydrolysis) is 1. The molecule has 1 unspecified atom stereocenters. The number of hydrogen-bond acceptors (Lipinski definition) is 3. The Morgan fingerprint density at radius 1 is 1.37 bits per heavy atom. The van der Waals surface area contributed by atoms with Crippen LogP contribution in [-0.2, 0) is 16.1 Å². The second-order valence-electron chi connectivity index (χ2n) is 4.10. The van der Waals surface area contributed by atoms with Crippen LogP contribution in [-0.4, -0.2) is 17.9 Å². The largest absolute Gasteiger partial charge is 0.445 e. The predicted molar refractivity (Wildman–Crippen MR) is 72.3 cm³/mol. The summed E-state index contributed by atoms with van der Waals surface area (Å²) in [7, 11) is 0. The van der Waals surface area contributed by atoms with E-state index in [1.807, 2.05) is 30.3 Å². The molecule has 1 aromatic rings. The molecular formula is C15H17NO3. The predicted octanol–water partition coefficient (Wildman–Crippen LogP) is 2.28. The van der Waals surface area contributed by atoms with Gasteiger partial charge in [-0.1, -0.05) is 30.3 Å². The van der Waals surface area contributed by atoms with E-state index in [4.69, 9.17) is 11.2 Å². The lowest BCUT2D eigenvalue weighted by Gasteiger charge is -2.12. The van der Waals surface area contributed by atoms with Gasteiger partial charge < -0.3 is 10.1 Å². The second-order valence-corrected chi connectivity index (χ2v) is 4.10. The zero-order valence-electron chi connectivity index (χ0n) is 10.9. The van der Waals surface area contributed by atoms with E-state index in [0.29, 0.717) is 6.42 Å². The summed E-state index contributed by atoms with van der Waals surface area (Å²) in [5.74, 6) is 2.29. The van der Waals surface area contributed by atoms with Crippen LogP contribution in [0, 0.1) is 12.3 Å². The van der Waals surface area contributed by atoms with Crippen molar-refractivity contribution < 1.29 is 14.3 Å². The zero-order valence-corrected chi connectivity index (χ0v) is 10.9. The summed E-state index contributed by atoms with van der Waals surface area (Å²) in [6.07, 6.45) is 5.11. The van der Waals surface area contributed by atoms with Gasteiger partial charge in [0.05, 0.1) is 6.04 Å². The Morgan fingerprint density at radius 2 is 2.05 bits per heavy atom. The molecule has 1 aromatic carbocycles. The van der Waals surface area contributed by atoms with Crippen molar-refractivity contribution in [2.24, 2.45) is 0 Å². The number of rotatable bonds is 6. The smallest absolute Gasteiger partial charge is 0.408 e. The van der Waals surface area contributed by atoms with E-state index < -0.39 is 12.1 Å². The van der Waals surface area contributed by atoms with Gasteiger partial charge in [-0.25, -0.2) is 4.79 Å². The average molecular weight is 259 g/mol. The Hall–Kier alpha value is -2.28. The molecule has 0 spiro atoms. The standard InChI is InChI=1S/C15H17NO3/c1-3-4-10-14(17)12(2)16-15(18)19-11-13-8-6-5-7-9-13/h1,5-9,12H,4,10-11H2,2H3,(H,16,18). The number of amides is 1. The summed E-state index contributed by atoms with van der Waals surface area (Å²) in [5, 5.41) is 2.48. The van der Waals surface area contributed by atoms with Gasteiger partial charge in [0.1, 0.15) is 6.61 Å². The quantitative estimate of drug-likeness (QED) is 0.797. The van der Waals surface area contributed by atoms with Crippen LogP contribution in [0.1, 0.15) is 25.3 Å². The lowest BCUT2D eigenvalue weighted by molar-refractivity contribution is -0.120. The summed E-state index contributed by atoms with van der Waals surface area (Å²) < 4.78 is 5.01. The third kappa shape index (κ3) is 5.73. The minimum Gasteiger partial charge on any atom is -0.445 e. The van der Waals surface area contributed by atoms with Crippen molar-refractivity contribution in [2.45, 2.75) is 32.4 Å². The number of carbonyl (C=O) groups excluding carboxylic acids is 2. The highest BCUT2D eigenvalue weighted by atomic mass is 16.5. The molecule has 0 aliphatic carbocycles. The van der Waals surface area contributed by atoms with Crippen LogP contribution in [0.3, 0.4) is 0 Å². The molecule has 4 heteroatoms. The Kier molecular flexibility index (Phi) is 6.17. The fourth-order valence-corrected chi connectivity index (χ4v) is 1.43. The number of Topliss-reactive ketones (excluding diaryl/α,β-unsaturated/α-hetero) is 1. The molecule has 0 aliphatic heterocycles. The van der Waals surface area contributed by atoms with Crippen LogP contribution in [0.4, 0.5) is 4.79 Å². The van der Waals surface area contributed by atoms with Crippen LogP contribution in [0.2, 0.25) is 0 Å². The molecule has 19 heavy (non-hydrogen) atoms. The molecule has 0 aliphatic rings. The Labute approximate surface area is 113 Å². The molecule has 0 aromatic heterocycles. The number of ketones is 1. The first-order valence-corrected chi connectivity index (χ1v) is 6.07. The summed E-state index contributed by atoms with van der Waals surface area (Å²) in [5.41, 5.74) is 0.893. The van der Waals surface area contributed by atoms with Crippen molar-refractivity contribution in [1.82, 2.24) is 5.32 Å². The molecule has 0 fully saturated rings. The van der Waals surface area contributed by atoms with Crippen molar-refractivity contribution in [3.05, 3.63) is 35.9 Å². The van der Waals surface area contributed by atoms with E-state index in [0.717, 1.165) is 5.56 Å². The molecule has 0 bridgehead atoms. The molecule has 1 amide bonds. The van der Waals surface area contributed by atoms with Gasteiger partial charge in [-0.3, -0.25) is 4.79 Å². The van der Waals surface area contributed by atoms with E-state index in [1.165, 1.54) is 0 Å². The maximum absolute atomic E-state index is 11.5. The number of nitrogens with one attached hydrogen (secondary N) is 1. The number of terminal acetylenes is 1. The minimum atomic E-state index is -0.606. The van der Waals surface area contributed by atoms with Crippen molar-refractivity contribution >= 4 is 11.9 Å². The fraction of sp³-hybridized carbons (Fsp3) is 0.333. The average Bonchev–Trinajstić information content (AvgIpc) is 2.43. The SMILES string of the molecule is C#CCCC(=O)C(C)NC(=O)OCc1ccccc1.